The Morgan fingerprint density at radius 3 is 1.64 bits per heavy atom. The van der Waals surface area contributed by atoms with Crippen LogP contribution in [0, 0.1) is 5.92 Å². The summed E-state index contributed by atoms with van der Waals surface area (Å²) in [5.41, 5.74) is 0. The van der Waals surface area contributed by atoms with E-state index in [0.29, 0.717) is 0 Å². The molecule has 0 N–H and O–H groups in total. The monoisotopic (exact) mass is 268 g/mol. The molecule has 0 nitrogen and oxygen atoms in total. The molecule has 1 aliphatic carbocycles. The zero-order chi connectivity index (χ0) is 8.69. The normalized spacial score (nSPS) is 17.2. The summed E-state index contributed by atoms with van der Waals surface area (Å²) in [7, 11) is 0. The lowest BCUT2D eigenvalue weighted by atomic mass is 9.88. The molecule has 0 unspecified atom stereocenters. The van der Waals surface area contributed by atoms with Gasteiger partial charge in [0.25, 0.3) is 0 Å². The minimum absolute atomic E-state index is 0.905. The second-order valence-corrected chi connectivity index (χ2v) is 5.21. The maximum atomic E-state index is 2.47. The first-order valence-corrected chi connectivity index (χ1v) is 6.09. The Bertz CT molecular complexity index is 72.9. The van der Waals surface area contributed by atoms with E-state index in [1.807, 2.05) is 0 Å². The quantitative estimate of drug-likeness (QED) is 0.514. The molecular formula is C10H21I. The number of hydrogen-bond donors (Lipinski definition) is 0. The molecular weight excluding hydrogens is 247 g/mol. The third kappa shape index (κ3) is 7.10. The van der Waals surface area contributed by atoms with Crippen molar-refractivity contribution < 1.29 is 0 Å². The van der Waals surface area contributed by atoms with Gasteiger partial charge in [-0.05, 0) is 18.8 Å². The van der Waals surface area contributed by atoms with Crippen LogP contribution in [0.1, 0.15) is 52.9 Å². The molecule has 0 heterocycles. The lowest BCUT2D eigenvalue weighted by Crippen LogP contribution is -2.04. The lowest BCUT2D eigenvalue weighted by Gasteiger charge is -2.18. The first-order chi connectivity index (χ1) is 5.20. The molecule has 11 heavy (non-hydrogen) atoms. The molecule has 0 bridgehead atoms. The number of hydrogen-bond acceptors (Lipinski definition) is 0. The number of rotatable bonds is 2. The average Bonchev–Trinajstić information content (AvgIpc) is 2.00. The molecule has 0 aromatic heterocycles. The predicted molar refractivity (Wildman–Crippen MR) is 61.4 cm³/mol. The molecule has 1 saturated carbocycles. The Morgan fingerprint density at radius 2 is 1.64 bits per heavy atom. The van der Waals surface area contributed by atoms with Crippen molar-refractivity contribution in [3.8, 4) is 0 Å². The van der Waals surface area contributed by atoms with Gasteiger partial charge in [0.15, 0.2) is 0 Å². The van der Waals surface area contributed by atoms with Gasteiger partial charge in [-0.1, -0.05) is 62.6 Å². The Labute approximate surface area is 85.3 Å². The summed E-state index contributed by atoms with van der Waals surface area (Å²) < 4.78 is 0.905. The van der Waals surface area contributed by atoms with E-state index in [1.54, 1.807) is 0 Å². The van der Waals surface area contributed by atoms with Crippen molar-refractivity contribution in [3.63, 3.8) is 0 Å². The van der Waals surface area contributed by atoms with Crippen LogP contribution >= 0.6 is 22.6 Å². The first-order valence-electron chi connectivity index (χ1n) is 4.84. The van der Waals surface area contributed by atoms with Gasteiger partial charge >= 0.3 is 0 Å². The van der Waals surface area contributed by atoms with Crippen LogP contribution in [-0.4, -0.2) is 3.92 Å². The molecule has 0 aromatic rings. The minimum Gasteiger partial charge on any atom is -0.0826 e. The van der Waals surface area contributed by atoms with E-state index in [9.17, 15) is 0 Å². The van der Waals surface area contributed by atoms with Crippen molar-refractivity contribution >= 4 is 22.6 Å². The van der Waals surface area contributed by atoms with Gasteiger partial charge < -0.3 is 0 Å². The van der Waals surface area contributed by atoms with Crippen LogP contribution in [0.25, 0.3) is 0 Å². The smallest absolute Gasteiger partial charge is 0.0104 e. The molecule has 0 aliphatic heterocycles. The van der Waals surface area contributed by atoms with Crippen LogP contribution in [0.15, 0.2) is 0 Å². The summed E-state index contributed by atoms with van der Waals surface area (Å²) >= 11 is 2.47. The third-order valence-electron chi connectivity index (χ3n) is 2.28. The van der Waals surface area contributed by atoms with E-state index >= 15 is 0 Å². The number of alkyl halides is 1. The second-order valence-electron chi connectivity index (χ2n) is 3.45. The predicted octanol–water partition coefficient (Wildman–Crippen LogP) is 4.42. The van der Waals surface area contributed by atoms with Crippen molar-refractivity contribution in [2.75, 3.05) is 0 Å². The van der Waals surface area contributed by atoms with Gasteiger partial charge in [0.05, 0.1) is 0 Å². The van der Waals surface area contributed by atoms with Crippen molar-refractivity contribution in [1.82, 2.24) is 0 Å². The molecule has 0 spiro atoms. The van der Waals surface area contributed by atoms with Gasteiger partial charge in [-0.25, -0.2) is 0 Å². The SMILES string of the molecule is CC1CCC1.CCC(I)CC. The van der Waals surface area contributed by atoms with Crippen molar-refractivity contribution in [2.24, 2.45) is 5.92 Å². The molecule has 1 aliphatic rings. The van der Waals surface area contributed by atoms with Crippen LogP contribution in [0.3, 0.4) is 0 Å². The highest BCUT2D eigenvalue weighted by molar-refractivity contribution is 14.1. The maximum Gasteiger partial charge on any atom is 0.0104 e. The molecule has 1 fully saturated rings. The zero-order valence-electron chi connectivity index (χ0n) is 8.07. The molecule has 0 saturated heterocycles. The summed E-state index contributed by atoms with van der Waals surface area (Å²) in [6, 6.07) is 0. The van der Waals surface area contributed by atoms with Gasteiger partial charge in [-0.15, -0.1) is 0 Å². The zero-order valence-corrected chi connectivity index (χ0v) is 10.2. The summed E-state index contributed by atoms with van der Waals surface area (Å²) in [6.07, 6.45) is 7.09. The highest BCUT2D eigenvalue weighted by atomic mass is 127. The molecule has 0 aromatic carbocycles. The largest absolute Gasteiger partial charge is 0.0826 e. The van der Waals surface area contributed by atoms with Crippen LogP contribution in [-0.2, 0) is 0 Å². The Kier molecular flexibility index (Phi) is 7.87. The highest BCUT2D eigenvalue weighted by Gasteiger charge is 2.09. The topological polar surface area (TPSA) is 0 Å². The highest BCUT2D eigenvalue weighted by Crippen LogP contribution is 2.24. The molecule has 0 radical (unpaired) electrons. The van der Waals surface area contributed by atoms with E-state index in [4.69, 9.17) is 0 Å². The van der Waals surface area contributed by atoms with E-state index in [2.05, 4.69) is 43.4 Å². The fraction of sp³-hybridized carbons (Fsp3) is 1.00. The number of halogens is 1. The van der Waals surface area contributed by atoms with Crippen LogP contribution in [0.2, 0.25) is 0 Å². The Hall–Kier alpha value is 0.730. The summed E-state index contributed by atoms with van der Waals surface area (Å²) in [5.74, 6) is 1.06. The van der Waals surface area contributed by atoms with E-state index in [0.717, 1.165) is 9.84 Å². The molecule has 68 valence electrons. The molecule has 1 rings (SSSR count). The van der Waals surface area contributed by atoms with Gasteiger partial charge in [0.1, 0.15) is 0 Å². The van der Waals surface area contributed by atoms with Crippen LogP contribution in [0.5, 0.6) is 0 Å². The molecule has 1 heteroatoms. The van der Waals surface area contributed by atoms with Gasteiger partial charge in [0.2, 0.25) is 0 Å². The molecule has 0 amide bonds. The first kappa shape index (κ1) is 11.7. The minimum atomic E-state index is 0.905. The Balaban J connectivity index is 0.000000183. The maximum absolute atomic E-state index is 2.47. The summed E-state index contributed by atoms with van der Waals surface area (Å²) in [4.78, 5) is 0. The average molecular weight is 268 g/mol. The van der Waals surface area contributed by atoms with Crippen molar-refractivity contribution in [3.05, 3.63) is 0 Å². The lowest BCUT2D eigenvalue weighted by molar-refractivity contribution is 0.346. The van der Waals surface area contributed by atoms with Crippen LogP contribution < -0.4 is 0 Å². The van der Waals surface area contributed by atoms with Crippen molar-refractivity contribution in [2.45, 2.75) is 56.8 Å². The second kappa shape index (κ2) is 7.38. The van der Waals surface area contributed by atoms with Crippen LogP contribution in [0.4, 0.5) is 0 Å². The molecule has 0 atom stereocenters. The summed E-state index contributed by atoms with van der Waals surface area (Å²) in [5, 5.41) is 0. The standard InChI is InChI=1S/C5H11I.C5H10/c1-3-5(6)4-2;1-5-3-2-4-5/h5H,3-4H2,1-2H3;5H,2-4H2,1H3. The van der Waals surface area contributed by atoms with Gasteiger partial charge in [-0.3, -0.25) is 0 Å². The van der Waals surface area contributed by atoms with Crippen molar-refractivity contribution in [1.29, 1.82) is 0 Å². The Morgan fingerprint density at radius 1 is 1.27 bits per heavy atom. The van der Waals surface area contributed by atoms with E-state index < -0.39 is 0 Å². The fourth-order valence-corrected chi connectivity index (χ4v) is 0.901. The van der Waals surface area contributed by atoms with Gasteiger partial charge in [0, 0.05) is 3.92 Å². The van der Waals surface area contributed by atoms with E-state index in [-0.39, 0.29) is 0 Å². The van der Waals surface area contributed by atoms with Gasteiger partial charge in [-0.2, -0.15) is 0 Å². The fourth-order valence-electron chi connectivity index (χ4n) is 0.901. The van der Waals surface area contributed by atoms with E-state index in [1.165, 1.54) is 32.1 Å². The third-order valence-corrected chi connectivity index (χ3v) is 4.04. The summed E-state index contributed by atoms with van der Waals surface area (Å²) in [6.45, 7) is 6.75.